The van der Waals surface area contributed by atoms with Crippen LogP contribution in [0.25, 0.3) is 0 Å². The third-order valence-corrected chi connectivity index (χ3v) is 6.10. The van der Waals surface area contributed by atoms with Gasteiger partial charge in [-0.2, -0.15) is 0 Å². The summed E-state index contributed by atoms with van der Waals surface area (Å²) in [5.74, 6) is -1.37. The monoisotopic (exact) mass is 515 g/mol. The van der Waals surface area contributed by atoms with E-state index in [-0.39, 0.29) is 11.7 Å². The number of nitrogens with one attached hydrogen (secondary N) is 1. The van der Waals surface area contributed by atoms with Gasteiger partial charge in [0, 0.05) is 28.8 Å². The lowest BCUT2D eigenvalue weighted by atomic mass is 10.0. The largest absolute Gasteiger partial charge is 0.384 e. The van der Waals surface area contributed by atoms with Crippen molar-refractivity contribution in [3.63, 3.8) is 0 Å². The minimum absolute atomic E-state index is 0.0888. The normalized spacial score (nSPS) is 14.4. The van der Waals surface area contributed by atoms with Crippen LogP contribution in [0.2, 0.25) is 0 Å². The Kier molecular flexibility index (Phi) is 7.83. The number of amides is 3. The maximum atomic E-state index is 12.9. The van der Waals surface area contributed by atoms with Gasteiger partial charge in [0.1, 0.15) is 12.3 Å². The fraction of sp³-hybridized carbons (Fsp3) is 0.304. The minimum Gasteiger partial charge on any atom is -0.384 e. The second kappa shape index (κ2) is 10.6. The summed E-state index contributed by atoms with van der Waals surface area (Å²) in [5, 5.41) is 7.55. The van der Waals surface area contributed by atoms with Crippen molar-refractivity contribution in [1.82, 2.24) is 4.90 Å². The average molecular weight is 516 g/mol. The summed E-state index contributed by atoms with van der Waals surface area (Å²) in [6.07, 6.45) is -0.451. The van der Waals surface area contributed by atoms with Gasteiger partial charge in [0.15, 0.2) is 0 Å². The highest BCUT2D eigenvalue weighted by molar-refractivity contribution is 9.10. The quantitative estimate of drug-likeness (QED) is 0.294. The number of halogens is 1. The van der Waals surface area contributed by atoms with Crippen LogP contribution in [0.3, 0.4) is 0 Å². The number of anilines is 1. The van der Waals surface area contributed by atoms with Gasteiger partial charge >= 0.3 is 0 Å². The van der Waals surface area contributed by atoms with Gasteiger partial charge in [-0.3, -0.25) is 19.8 Å². The Balaban J connectivity index is 1.91. The number of hydrogen-bond acceptors (Lipinski definition) is 5. The molecule has 1 aliphatic heterocycles. The third kappa shape index (κ3) is 5.77. The van der Waals surface area contributed by atoms with Gasteiger partial charge in [0.05, 0.1) is 24.8 Å². The van der Waals surface area contributed by atoms with Crippen LogP contribution in [0.15, 0.2) is 46.9 Å². The number of primary amides is 1. The van der Waals surface area contributed by atoms with E-state index < -0.39 is 24.3 Å². The highest BCUT2D eigenvalue weighted by atomic mass is 79.9. The molecule has 0 aliphatic carbocycles. The molecule has 1 unspecified atom stereocenters. The van der Waals surface area contributed by atoms with Gasteiger partial charge < -0.3 is 26.0 Å². The Hall–Kier alpha value is -3.24. The van der Waals surface area contributed by atoms with E-state index >= 15 is 0 Å². The molecule has 0 radical (unpaired) electrons. The molecule has 5 N–H and O–H groups in total. The Labute approximate surface area is 200 Å². The highest BCUT2D eigenvalue weighted by Crippen LogP contribution is 2.31. The molecule has 1 saturated heterocycles. The van der Waals surface area contributed by atoms with Crippen molar-refractivity contribution < 1.29 is 19.1 Å². The average Bonchev–Trinajstić information content (AvgIpc) is 2.79. The number of carbonyl (C=O) groups excluding carboxylic acids is 3. The summed E-state index contributed by atoms with van der Waals surface area (Å²) >= 11 is 3.50. The van der Waals surface area contributed by atoms with Crippen molar-refractivity contribution in [1.29, 1.82) is 5.41 Å². The van der Waals surface area contributed by atoms with E-state index in [2.05, 4.69) is 15.9 Å². The number of rotatable bonds is 7. The molecule has 1 fully saturated rings. The Morgan fingerprint density at radius 1 is 1.12 bits per heavy atom. The zero-order chi connectivity index (χ0) is 24.1. The molecule has 33 heavy (non-hydrogen) atoms. The van der Waals surface area contributed by atoms with Crippen LogP contribution in [-0.2, 0) is 14.3 Å². The van der Waals surface area contributed by atoms with Crippen molar-refractivity contribution in [2.24, 2.45) is 11.5 Å². The van der Waals surface area contributed by atoms with Gasteiger partial charge in [-0.1, -0.05) is 6.07 Å². The smallest absolute Gasteiger partial charge is 0.255 e. The van der Waals surface area contributed by atoms with E-state index in [1.165, 1.54) is 4.90 Å². The van der Waals surface area contributed by atoms with E-state index in [4.69, 9.17) is 21.6 Å². The summed E-state index contributed by atoms with van der Waals surface area (Å²) in [7, 11) is 0. The van der Waals surface area contributed by atoms with Crippen molar-refractivity contribution in [3.05, 3.63) is 63.6 Å². The van der Waals surface area contributed by atoms with E-state index in [1.807, 2.05) is 6.92 Å². The summed E-state index contributed by atoms with van der Waals surface area (Å²) in [4.78, 5) is 40.5. The number of benzene rings is 2. The first-order valence-corrected chi connectivity index (χ1v) is 11.2. The van der Waals surface area contributed by atoms with Crippen molar-refractivity contribution in [2.75, 3.05) is 31.2 Å². The second-order valence-electron chi connectivity index (χ2n) is 7.69. The van der Waals surface area contributed by atoms with Crippen LogP contribution in [0.4, 0.5) is 5.69 Å². The molecule has 3 rings (SSSR count). The number of nitrogens with zero attached hydrogens (tertiary/aromatic N) is 2. The molecule has 3 amide bonds. The second-order valence-corrected chi connectivity index (χ2v) is 8.54. The molecule has 2 aromatic carbocycles. The number of carbonyl (C=O) groups is 3. The zero-order valence-electron chi connectivity index (χ0n) is 18.2. The summed E-state index contributed by atoms with van der Waals surface area (Å²) in [6, 6.07) is 11.4. The molecule has 1 heterocycles. The summed E-state index contributed by atoms with van der Waals surface area (Å²) in [5.41, 5.74) is 13.1. The first kappa shape index (κ1) is 24.4. The number of morpholine rings is 1. The number of ether oxygens (including phenoxy) is 1. The standard InChI is InChI=1S/C23H26BrN5O4/c1-14(16-4-7-18(19(24)12-16)23(32)28-8-10-33-11-9-28)29(21(31)13-20(25)30)17-5-2-15(3-6-17)22(26)27/h2-7,12,14H,8-11,13H2,1H3,(H2,25,30)(H3,26,27). The number of amidine groups is 1. The Bertz CT molecular complexity index is 1070. The molecule has 174 valence electrons. The van der Waals surface area contributed by atoms with Crippen LogP contribution < -0.4 is 16.4 Å². The van der Waals surface area contributed by atoms with Crippen LogP contribution in [-0.4, -0.2) is 54.8 Å². The molecule has 0 bridgehead atoms. The highest BCUT2D eigenvalue weighted by Gasteiger charge is 2.26. The molecule has 10 heteroatoms. The number of nitrogen functional groups attached to an aromatic ring is 1. The molecule has 9 nitrogen and oxygen atoms in total. The number of nitrogens with two attached hydrogens (primary N) is 2. The van der Waals surface area contributed by atoms with E-state index in [0.717, 1.165) is 5.56 Å². The molecule has 0 aromatic heterocycles. The molecule has 1 aliphatic rings. The lowest BCUT2D eigenvalue weighted by Crippen LogP contribution is -2.40. The molecule has 1 atom stereocenters. The molecular formula is C23H26BrN5O4. The molecule has 0 saturated carbocycles. The predicted molar refractivity (Wildman–Crippen MR) is 128 cm³/mol. The van der Waals surface area contributed by atoms with Gasteiger partial charge in [-0.05, 0) is 64.8 Å². The summed E-state index contributed by atoms with van der Waals surface area (Å²) < 4.78 is 5.92. The van der Waals surface area contributed by atoms with E-state index in [1.54, 1.807) is 47.4 Å². The maximum Gasteiger partial charge on any atom is 0.255 e. The fourth-order valence-corrected chi connectivity index (χ4v) is 4.24. The van der Waals surface area contributed by atoms with Gasteiger partial charge in [0.2, 0.25) is 11.8 Å². The third-order valence-electron chi connectivity index (χ3n) is 5.44. The Morgan fingerprint density at radius 2 is 1.76 bits per heavy atom. The van der Waals surface area contributed by atoms with Crippen LogP contribution in [0.1, 0.15) is 40.9 Å². The van der Waals surface area contributed by atoms with Crippen LogP contribution >= 0.6 is 15.9 Å². The van der Waals surface area contributed by atoms with Crippen molar-refractivity contribution in [3.8, 4) is 0 Å². The predicted octanol–water partition coefficient (Wildman–Crippen LogP) is 2.18. The Morgan fingerprint density at radius 3 is 2.30 bits per heavy atom. The number of hydrogen-bond donors (Lipinski definition) is 3. The van der Waals surface area contributed by atoms with Crippen LogP contribution in [0, 0.1) is 5.41 Å². The lowest BCUT2D eigenvalue weighted by molar-refractivity contribution is -0.126. The molecular weight excluding hydrogens is 490 g/mol. The molecule has 0 spiro atoms. The van der Waals surface area contributed by atoms with Gasteiger partial charge in [-0.15, -0.1) is 0 Å². The van der Waals surface area contributed by atoms with Gasteiger partial charge in [-0.25, -0.2) is 0 Å². The first-order valence-electron chi connectivity index (χ1n) is 10.4. The molecule has 2 aromatic rings. The van der Waals surface area contributed by atoms with Crippen LogP contribution in [0.5, 0.6) is 0 Å². The van der Waals surface area contributed by atoms with Crippen molar-refractivity contribution in [2.45, 2.75) is 19.4 Å². The topological polar surface area (TPSA) is 143 Å². The zero-order valence-corrected chi connectivity index (χ0v) is 19.8. The van der Waals surface area contributed by atoms with E-state index in [9.17, 15) is 14.4 Å². The van der Waals surface area contributed by atoms with E-state index in [0.29, 0.717) is 47.6 Å². The minimum atomic E-state index is -0.731. The summed E-state index contributed by atoms with van der Waals surface area (Å²) in [6.45, 7) is 3.92. The van der Waals surface area contributed by atoms with Crippen molar-refractivity contribution >= 4 is 45.2 Å². The maximum absolute atomic E-state index is 12.9. The lowest BCUT2D eigenvalue weighted by Gasteiger charge is -2.30. The van der Waals surface area contributed by atoms with Gasteiger partial charge in [0.25, 0.3) is 5.91 Å². The first-order chi connectivity index (χ1) is 15.7. The SMILES string of the molecule is CC(c1ccc(C(=O)N2CCOCC2)c(Br)c1)N(C(=O)CC(N)=O)c1ccc(C(=N)N)cc1. The fourth-order valence-electron chi connectivity index (χ4n) is 3.67.